The summed E-state index contributed by atoms with van der Waals surface area (Å²) < 4.78 is 0. The van der Waals surface area contributed by atoms with Crippen molar-refractivity contribution < 1.29 is 9.90 Å². The summed E-state index contributed by atoms with van der Waals surface area (Å²) in [6.07, 6.45) is 1.88. The molecular formula is C10H18N4O2S. The van der Waals surface area contributed by atoms with E-state index in [1.807, 2.05) is 0 Å². The fraction of sp³-hybridized carbons (Fsp3) is 0.700. The van der Waals surface area contributed by atoms with Gasteiger partial charge in [0.1, 0.15) is 5.01 Å². The van der Waals surface area contributed by atoms with Crippen LogP contribution in [0, 0.1) is 0 Å². The third kappa shape index (κ3) is 3.94. The molecule has 0 fully saturated rings. The molecule has 0 spiro atoms. The van der Waals surface area contributed by atoms with Crippen molar-refractivity contribution in [2.45, 2.75) is 32.7 Å². The Kier molecular flexibility index (Phi) is 5.30. The molecule has 6 nitrogen and oxygen atoms in total. The maximum atomic E-state index is 11.7. The summed E-state index contributed by atoms with van der Waals surface area (Å²) in [5.74, 6) is 0. The van der Waals surface area contributed by atoms with Gasteiger partial charge in [-0.3, -0.25) is 5.32 Å². The fourth-order valence-electron chi connectivity index (χ4n) is 1.12. The molecule has 0 aliphatic heterocycles. The molecule has 0 aliphatic carbocycles. The maximum absolute atomic E-state index is 11.7. The lowest BCUT2D eigenvalue weighted by atomic mass is 10.3. The number of carbonyl (C=O) groups is 1. The molecule has 0 saturated carbocycles. The topological polar surface area (TPSA) is 78.4 Å². The Bertz CT molecular complexity index is 369. The zero-order chi connectivity index (χ0) is 12.8. The van der Waals surface area contributed by atoms with Crippen molar-refractivity contribution in [2.24, 2.45) is 0 Å². The molecule has 96 valence electrons. The summed E-state index contributed by atoms with van der Waals surface area (Å²) in [6, 6.07) is -0.510. The number of rotatable bonds is 5. The van der Waals surface area contributed by atoms with E-state index >= 15 is 0 Å². The highest BCUT2D eigenvalue weighted by molar-refractivity contribution is 7.15. The van der Waals surface area contributed by atoms with Gasteiger partial charge in [0.25, 0.3) is 0 Å². The minimum atomic E-state index is -0.286. The third-order valence-electron chi connectivity index (χ3n) is 2.39. The number of amides is 2. The van der Waals surface area contributed by atoms with Crippen molar-refractivity contribution in [3.63, 3.8) is 0 Å². The number of nitrogens with one attached hydrogen (secondary N) is 1. The summed E-state index contributed by atoms with van der Waals surface area (Å²) in [6.45, 7) is 3.76. The van der Waals surface area contributed by atoms with Gasteiger partial charge in [0.15, 0.2) is 0 Å². The second kappa shape index (κ2) is 6.51. The second-order valence-corrected chi connectivity index (χ2v) is 4.89. The molecule has 2 amide bonds. The zero-order valence-electron chi connectivity index (χ0n) is 10.3. The predicted octanol–water partition coefficient (Wildman–Crippen LogP) is 1.34. The minimum Gasteiger partial charge on any atom is -0.394 e. The van der Waals surface area contributed by atoms with Crippen LogP contribution in [0.2, 0.25) is 0 Å². The molecule has 0 saturated heterocycles. The number of hydrogen-bond acceptors (Lipinski definition) is 5. The summed E-state index contributed by atoms with van der Waals surface area (Å²) in [7, 11) is 1.63. The monoisotopic (exact) mass is 258 g/mol. The molecule has 1 unspecified atom stereocenters. The quantitative estimate of drug-likeness (QED) is 0.835. The van der Waals surface area contributed by atoms with Crippen LogP contribution < -0.4 is 5.32 Å². The summed E-state index contributed by atoms with van der Waals surface area (Å²) in [4.78, 5) is 13.2. The van der Waals surface area contributed by atoms with Gasteiger partial charge >= 0.3 is 6.03 Å². The van der Waals surface area contributed by atoms with Crippen LogP contribution in [0.4, 0.5) is 9.93 Å². The number of nitrogens with zero attached hydrogens (tertiary/aromatic N) is 3. The Morgan fingerprint density at radius 1 is 1.59 bits per heavy atom. The number of aryl methyl sites for hydroxylation is 1. The molecular weight excluding hydrogens is 240 g/mol. The first kappa shape index (κ1) is 13.9. The largest absolute Gasteiger partial charge is 0.394 e. The molecule has 1 aromatic rings. The lowest BCUT2D eigenvalue weighted by molar-refractivity contribution is 0.166. The van der Waals surface area contributed by atoms with Gasteiger partial charge in [-0.1, -0.05) is 18.3 Å². The van der Waals surface area contributed by atoms with Crippen LogP contribution in [-0.4, -0.2) is 45.9 Å². The Balaban J connectivity index is 2.55. The number of aromatic nitrogens is 2. The Morgan fingerprint density at radius 2 is 2.29 bits per heavy atom. The molecule has 1 rings (SSSR count). The fourth-order valence-corrected chi connectivity index (χ4v) is 1.95. The highest BCUT2D eigenvalue weighted by Crippen LogP contribution is 2.16. The minimum absolute atomic E-state index is 0.0683. The highest BCUT2D eigenvalue weighted by atomic mass is 32.1. The van der Waals surface area contributed by atoms with Crippen molar-refractivity contribution >= 4 is 22.5 Å². The molecule has 1 heterocycles. The van der Waals surface area contributed by atoms with Gasteiger partial charge in [0.05, 0.1) is 12.6 Å². The molecule has 0 aliphatic rings. The van der Waals surface area contributed by atoms with E-state index in [9.17, 15) is 4.79 Å². The Labute approximate surface area is 105 Å². The Morgan fingerprint density at radius 3 is 2.88 bits per heavy atom. The molecule has 1 aromatic heterocycles. The second-order valence-electron chi connectivity index (χ2n) is 3.82. The van der Waals surface area contributed by atoms with Crippen molar-refractivity contribution in [1.29, 1.82) is 0 Å². The van der Waals surface area contributed by atoms with Gasteiger partial charge in [0.2, 0.25) is 5.13 Å². The van der Waals surface area contributed by atoms with Gasteiger partial charge < -0.3 is 10.0 Å². The van der Waals surface area contributed by atoms with E-state index in [-0.39, 0.29) is 18.7 Å². The van der Waals surface area contributed by atoms with Crippen LogP contribution in [0.15, 0.2) is 0 Å². The number of anilines is 1. The van der Waals surface area contributed by atoms with Crippen LogP contribution in [0.3, 0.4) is 0 Å². The zero-order valence-corrected chi connectivity index (χ0v) is 11.1. The standard InChI is InChI=1S/C10H18N4O2S/c1-4-5-8-12-13-9(17-8)11-10(16)14(3)7(2)6-15/h7,15H,4-6H2,1-3H3,(H,11,13,16). The first-order valence-electron chi connectivity index (χ1n) is 5.55. The van der Waals surface area contributed by atoms with Gasteiger partial charge in [-0.15, -0.1) is 10.2 Å². The van der Waals surface area contributed by atoms with Crippen molar-refractivity contribution in [1.82, 2.24) is 15.1 Å². The van der Waals surface area contributed by atoms with Crippen LogP contribution >= 0.6 is 11.3 Å². The first-order valence-corrected chi connectivity index (χ1v) is 6.37. The van der Waals surface area contributed by atoms with Gasteiger partial charge in [-0.05, 0) is 13.3 Å². The number of hydrogen-bond donors (Lipinski definition) is 2. The van der Waals surface area contributed by atoms with E-state index in [0.29, 0.717) is 5.13 Å². The lowest BCUT2D eigenvalue weighted by Crippen LogP contribution is -2.40. The van der Waals surface area contributed by atoms with E-state index < -0.39 is 0 Å². The summed E-state index contributed by atoms with van der Waals surface area (Å²) in [5, 5.41) is 20.9. The number of carbonyl (C=O) groups excluding carboxylic acids is 1. The molecule has 0 radical (unpaired) electrons. The number of urea groups is 1. The van der Waals surface area contributed by atoms with Crippen LogP contribution in [0.1, 0.15) is 25.3 Å². The van der Waals surface area contributed by atoms with Gasteiger partial charge in [0, 0.05) is 13.5 Å². The molecule has 2 N–H and O–H groups in total. The Hall–Kier alpha value is -1.21. The van der Waals surface area contributed by atoms with Crippen molar-refractivity contribution in [3.05, 3.63) is 5.01 Å². The average Bonchev–Trinajstić information content (AvgIpc) is 2.75. The van der Waals surface area contributed by atoms with Gasteiger partial charge in [-0.2, -0.15) is 0 Å². The van der Waals surface area contributed by atoms with E-state index in [1.165, 1.54) is 16.2 Å². The predicted molar refractivity (Wildman–Crippen MR) is 67.2 cm³/mol. The van der Waals surface area contributed by atoms with Crippen molar-refractivity contribution in [2.75, 3.05) is 19.0 Å². The molecule has 7 heteroatoms. The molecule has 0 aromatic carbocycles. The maximum Gasteiger partial charge on any atom is 0.323 e. The van der Waals surface area contributed by atoms with E-state index in [4.69, 9.17) is 5.11 Å². The molecule has 17 heavy (non-hydrogen) atoms. The third-order valence-corrected chi connectivity index (χ3v) is 3.29. The summed E-state index contributed by atoms with van der Waals surface area (Å²) >= 11 is 1.38. The number of likely N-dealkylation sites (N-methyl/N-ethyl adjacent to an activating group) is 1. The van der Waals surface area contributed by atoms with Crippen molar-refractivity contribution in [3.8, 4) is 0 Å². The van der Waals surface area contributed by atoms with Gasteiger partial charge in [-0.25, -0.2) is 4.79 Å². The van der Waals surface area contributed by atoms with Crippen LogP contribution in [0.25, 0.3) is 0 Å². The van der Waals surface area contributed by atoms with E-state index in [0.717, 1.165) is 17.8 Å². The number of aliphatic hydroxyl groups is 1. The van der Waals surface area contributed by atoms with Crippen LogP contribution in [-0.2, 0) is 6.42 Å². The lowest BCUT2D eigenvalue weighted by Gasteiger charge is -2.22. The SMILES string of the molecule is CCCc1nnc(NC(=O)N(C)C(C)CO)s1. The van der Waals surface area contributed by atoms with Crippen LogP contribution in [0.5, 0.6) is 0 Å². The summed E-state index contributed by atoms with van der Waals surface area (Å²) in [5.41, 5.74) is 0. The highest BCUT2D eigenvalue weighted by Gasteiger charge is 2.16. The normalized spacial score (nSPS) is 12.2. The van der Waals surface area contributed by atoms with E-state index in [1.54, 1.807) is 14.0 Å². The number of aliphatic hydroxyl groups excluding tert-OH is 1. The molecule has 1 atom stereocenters. The smallest absolute Gasteiger partial charge is 0.323 e. The molecule has 0 bridgehead atoms. The first-order chi connectivity index (χ1) is 8.08. The van der Waals surface area contributed by atoms with E-state index in [2.05, 4.69) is 22.4 Å². The average molecular weight is 258 g/mol.